The Labute approximate surface area is 106 Å². The number of nitro groups is 1. The summed E-state index contributed by atoms with van der Waals surface area (Å²) in [6, 6.07) is 4.87. The third-order valence-corrected chi connectivity index (χ3v) is 2.64. The summed E-state index contributed by atoms with van der Waals surface area (Å²) in [4.78, 5) is 21.8. The Morgan fingerprint density at radius 3 is 2.44 bits per heavy atom. The quantitative estimate of drug-likeness (QED) is 0.470. The fraction of sp³-hybridized carbons (Fsp3) is 0.462. The maximum absolute atomic E-state index is 11.2. The molecule has 0 unspecified atom stereocenters. The molecule has 0 bridgehead atoms. The Balaban J connectivity index is 3.20. The van der Waals surface area contributed by atoms with Gasteiger partial charge in [-0.3, -0.25) is 14.9 Å². The third-order valence-electron chi connectivity index (χ3n) is 2.64. The van der Waals surface area contributed by atoms with Gasteiger partial charge in [0.15, 0.2) is 0 Å². The number of esters is 1. The molecular formula is C13H17NO4. The molecule has 0 aliphatic heterocycles. The number of benzene rings is 1. The Bertz CT molecular complexity index is 474. The molecule has 0 aliphatic carbocycles. The van der Waals surface area contributed by atoms with Crippen LogP contribution < -0.4 is 0 Å². The van der Waals surface area contributed by atoms with Crippen molar-refractivity contribution < 1.29 is 14.5 Å². The fourth-order valence-corrected chi connectivity index (χ4v) is 1.71. The minimum Gasteiger partial charge on any atom is -0.469 e. The van der Waals surface area contributed by atoms with Gasteiger partial charge in [-0.15, -0.1) is 0 Å². The van der Waals surface area contributed by atoms with Crippen LogP contribution in [0.5, 0.6) is 0 Å². The first kappa shape index (κ1) is 14.2. The maximum atomic E-state index is 11.2. The van der Waals surface area contributed by atoms with Gasteiger partial charge in [0.1, 0.15) is 0 Å². The van der Waals surface area contributed by atoms with E-state index in [-0.39, 0.29) is 17.5 Å². The minimum atomic E-state index is -0.415. The number of hydrogen-bond acceptors (Lipinski definition) is 4. The van der Waals surface area contributed by atoms with Crippen molar-refractivity contribution in [1.29, 1.82) is 0 Å². The van der Waals surface area contributed by atoms with E-state index in [9.17, 15) is 14.9 Å². The molecule has 5 heteroatoms. The smallest absolute Gasteiger partial charge is 0.309 e. The molecule has 1 rings (SSSR count). The molecule has 5 nitrogen and oxygen atoms in total. The van der Waals surface area contributed by atoms with Crippen molar-refractivity contribution in [2.45, 2.75) is 32.6 Å². The molecule has 0 N–H and O–H groups in total. The van der Waals surface area contributed by atoms with Gasteiger partial charge < -0.3 is 4.74 Å². The summed E-state index contributed by atoms with van der Waals surface area (Å²) in [7, 11) is 1.29. The van der Waals surface area contributed by atoms with Crippen molar-refractivity contribution >= 4 is 11.7 Å². The highest BCUT2D eigenvalue weighted by Gasteiger charge is 2.25. The largest absolute Gasteiger partial charge is 0.469 e. The molecule has 0 aliphatic rings. The first-order valence-electron chi connectivity index (χ1n) is 5.60. The second-order valence-electron chi connectivity index (χ2n) is 5.11. The van der Waals surface area contributed by atoms with Crippen LogP contribution in [-0.4, -0.2) is 18.0 Å². The van der Waals surface area contributed by atoms with Crippen LogP contribution in [0.15, 0.2) is 18.2 Å². The predicted octanol–water partition coefficient (Wildman–Crippen LogP) is 2.61. The van der Waals surface area contributed by atoms with Gasteiger partial charge >= 0.3 is 5.97 Å². The van der Waals surface area contributed by atoms with E-state index in [4.69, 9.17) is 0 Å². The molecule has 18 heavy (non-hydrogen) atoms. The summed E-state index contributed by atoms with van der Waals surface area (Å²) in [5.74, 6) is -0.409. The molecule has 0 atom stereocenters. The molecule has 0 aromatic heterocycles. The van der Waals surface area contributed by atoms with Crippen molar-refractivity contribution in [1.82, 2.24) is 0 Å². The maximum Gasteiger partial charge on any atom is 0.309 e. The molecule has 0 amide bonds. The van der Waals surface area contributed by atoms with Gasteiger partial charge in [0.05, 0.1) is 18.5 Å². The second-order valence-corrected chi connectivity index (χ2v) is 5.11. The number of carbonyl (C=O) groups excluding carboxylic acids is 1. The van der Waals surface area contributed by atoms with Crippen LogP contribution in [0.25, 0.3) is 0 Å². The zero-order valence-electron chi connectivity index (χ0n) is 11.0. The van der Waals surface area contributed by atoms with E-state index in [0.717, 1.165) is 0 Å². The molecule has 1 aromatic carbocycles. The van der Waals surface area contributed by atoms with Crippen LogP contribution in [0.4, 0.5) is 5.69 Å². The molecule has 0 saturated heterocycles. The van der Waals surface area contributed by atoms with Gasteiger partial charge in [0, 0.05) is 11.6 Å². The number of nitro benzene ring substituents is 1. The third kappa shape index (κ3) is 3.29. The lowest BCUT2D eigenvalue weighted by atomic mass is 9.85. The molecular weight excluding hydrogens is 234 g/mol. The summed E-state index contributed by atoms with van der Waals surface area (Å²) >= 11 is 0. The molecule has 0 radical (unpaired) electrons. The van der Waals surface area contributed by atoms with E-state index in [1.54, 1.807) is 12.1 Å². The van der Waals surface area contributed by atoms with Crippen LogP contribution in [0.2, 0.25) is 0 Å². The SMILES string of the molecule is COC(=O)Cc1ccc(C(C)(C)C)c([N+](=O)[O-])c1. The zero-order chi connectivity index (χ0) is 13.9. The lowest BCUT2D eigenvalue weighted by Crippen LogP contribution is -2.14. The average Bonchev–Trinajstić information content (AvgIpc) is 2.27. The zero-order valence-corrected chi connectivity index (χ0v) is 11.0. The summed E-state index contributed by atoms with van der Waals surface area (Å²) < 4.78 is 4.54. The molecule has 98 valence electrons. The van der Waals surface area contributed by atoms with Crippen molar-refractivity contribution in [2.75, 3.05) is 7.11 Å². The summed E-state index contributed by atoms with van der Waals surface area (Å²) in [6.07, 6.45) is 0.0434. The lowest BCUT2D eigenvalue weighted by Gasteiger charge is -2.19. The van der Waals surface area contributed by atoms with E-state index in [2.05, 4.69) is 4.74 Å². The van der Waals surface area contributed by atoms with Crippen molar-refractivity contribution in [3.05, 3.63) is 39.4 Å². The Kier molecular flexibility index (Phi) is 4.06. The van der Waals surface area contributed by atoms with E-state index in [1.807, 2.05) is 20.8 Å². The first-order valence-corrected chi connectivity index (χ1v) is 5.60. The van der Waals surface area contributed by atoms with Crippen LogP contribution in [0.1, 0.15) is 31.9 Å². The normalized spacial score (nSPS) is 11.1. The minimum absolute atomic E-state index is 0.0434. The van der Waals surface area contributed by atoms with Gasteiger partial charge in [-0.2, -0.15) is 0 Å². The van der Waals surface area contributed by atoms with Crippen molar-refractivity contribution in [3.63, 3.8) is 0 Å². The fourth-order valence-electron chi connectivity index (χ4n) is 1.71. The summed E-state index contributed by atoms with van der Waals surface area (Å²) in [5, 5.41) is 11.1. The van der Waals surface area contributed by atoms with Crippen LogP contribution in [-0.2, 0) is 21.4 Å². The van der Waals surface area contributed by atoms with Crippen LogP contribution in [0, 0.1) is 10.1 Å². The Morgan fingerprint density at radius 1 is 1.39 bits per heavy atom. The molecule has 0 saturated carbocycles. The number of hydrogen-bond donors (Lipinski definition) is 0. The monoisotopic (exact) mass is 251 g/mol. The van der Waals surface area contributed by atoms with Gasteiger partial charge in [0.2, 0.25) is 0 Å². The molecule has 1 aromatic rings. The Hall–Kier alpha value is -1.91. The van der Waals surface area contributed by atoms with E-state index >= 15 is 0 Å². The second kappa shape index (κ2) is 5.16. The first-order chi connectivity index (χ1) is 8.25. The molecule has 0 fully saturated rings. The van der Waals surface area contributed by atoms with Gasteiger partial charge in [-0.1, -0.05) is 32.9 Å². The van der Waals surface area contributed by atoms with E-state index in [0.29, 0.717) is 11.1 Å². The van der Waals surface area contributed by atoms with Gasteiger partial charge in [0.25, 0.3) is 5.69 Å². The summed E-state index contributed by atoms with van der Waals surface area (Å²) in [6.45, 7) is 5.74. The molecule has 0 spiro atoms. The topological polar surface area (TPSA) is 69.4 Å². The average molecular weight is 251 g/mol. The number of carbonyl (C=O) groups is 1. The highest BCUT2D eigenvalue weighted by molar-refractivity contribution is 5.72. The number of ether oxygens (including phenoxy) is 1. The number of methoxy groups -OCH3 is 1. The predicted molar refractivity (Wildman–Crippen MR) is 67.5 cm³/mol. The lowest BCUT2D eigenvalue weighted by molar-refractivity contribution is -0.386. The standard InChI is InChI=1S/C13H17NO4/c1-13(2,3)10-6-5-9(8-12(15)18-4)7-11(10)14(16)17/h5-7H,8H2,1-4H3. The Morgan fingerprint density at radius 2 is 2.00 bits per heavy atom. The highest BCUT2D eigenvalue weighted by atomic mass is 16.6. The van der Waals surface area contributed by atoms with Crippen LogP contribution >= 0.6 is 0 Å². The summed E-state index contributed by atoms with van der Waals surface area (Å²) in [5.41, 5.74) is 0.971. The molecule has 0 heterocycles. The van der Waals surface area contributed by atoms with Crippen molar-refractivity contribution in [3.8, 4) is 0 Å². The van der Waals surface area contributed by atoms with E-state index < -0.39 is 10.9 Å². The van der Waals surface area contributed by atoms with E-state index in [1.165, 1.54) is 13.2 Å². The number of nitrogens with zero attached hydrogens (tertiary/aromatic N) is 1. The van der Waals surface area contributed by atoms with Gasteiger partial charge in [-0.25, -0.2) is 0 Å². The highest BCUT2D eigenvalue weighted by Crippen LogP contribution is 2.31. The van der Waals surface area contributed by atoms with Crippen LogP contribution in [0.3, 0.4) is 0 Å². The number of rotatable bonds is 3. The van der Waals surface area contributed by atoms with Crippen molar-refractivity contribution in [2.24, 2.45) is 0 Å². The van der Waals surface area contributed by atoms with Gasteiger partial charge in [-0.05, 0) is 11.0 Å².